The molecule has 3 nitrogen and oxygen atoms in total. The van der Waals surface area contributed by atoms with E-state index in [4.69, 9.17) is 4.98 Å². The zero-order valence-corrected chi connectivity index (χ0v) is 13.9. The number of aromatic nitrogens is 1. The number of nitrogens with zero attached hydrogens (tertiary/aromatic N) is 1. The normalized spacial score (nSPS) is 21.5. The molecule has 0 bridgehead atoms. The average molecular weight is 324 g/mol. The second-order valence-electron chi connectivity index (χ2n) is 6.30. The second kappa shape index (κ2) is 6.04. The molecular formula is C19H20N2OS. The molecule has 3 aromatic rings. The monoisotopic (exact) mass is 324 g/mol. The van der Waals surface area contributed by atoms with Crippen LogP contribution < -0.4 is 5.32 Å². The second-order valence-corrected chi connectivity index (χ2v) is 7.41. The first-order valence-corrected chi connectivity index (χ1v) is 8.89. The van der Waals surface area contributed by atoms with Crippen molar-refractivity contribution in [1.29, 1.82) is 0 Å². The highest BCUT2D eigenvalue weighted by molar-refractivity contribution is 7.18. The number of benzene rings is 2. The molecule has 0 saturated heterocycles. The molecule has 118 valence electrons. The molecule has 0 amide bonds. The molecule has 23 heavy (non-hydrogen) atoms. The number of aliphatic hydroxyl groups excluding tert-OH is 1. The van der Waals surface area contributed by atoms with E-state index in [2.05, 4.69) is 42.6 Å². The van der Waals surface area contributed by atoms with E-state index in [0.717, 1.165) is 23.4 Å². The molecule has 1 heterocycles. The summed E-state index contributed by atoms with van der Waals surface area (Å²) in [6.07, 6.45) is 1.28. The van der Waals surface area contributed by atoms with Crippen molar-refractivity contribution in [2.24, 2.45) is 0 Å². The van der Waals surface area contributed by atoms with Crippen LogP contribution in [0.15, 0.2) is 48.5 Å². The first-order valence-electron chi connectivity index (χ1n) is 8.07. The van der Waals surface area contributed by atoms with E-state index >= 15 is 0 Å². The maximum Gasteiger partial charge on any atom is 0.0954 e. The number of para-hydroxylation sites is 1. The largest absolute Gasteiger partial charge is 0.391 e. The molecule has 2 N–H and O–H groups in total. The Balaban J connectivity index is 1.48. The Bertz CT molecular complexity index is 796. The Labute approximate surface area is 140 Å². The van der Waals surface area contributed by atoms with Crippen LogP contribution in [0, 0.1) is 0 Å². The summed E-state index contributed by atoms with van der Waals surface area (Å²) in [7, 11) is 0. The zero-order valence-electron chi connectivity index (χ0n) is 13.1. The summed E-state index contributed by atoms with van der Waals surface area (Å²) >= 11 is 1.76. The fraction of sp³-hybridized carbons (Fsp3) is 0.316. The van der Waals surface area contributed by atoms with Gasteiger partial charge in [-0.1, -0.05) is 36.4 Å². The lowest BCUT2D eigenvalue weighted by Gasteiger charge is -2.22. The third-order valence-corrected chi connectivity index (χ3v) is 5.55. The molecule has 1 aliphatic rings. The molecule has 0 aliphatic heterocycles. The standard InChI is InChI=1S/C19H20N2OS/c1-12(10-18-21-15-8-4-5-9-17(15)23-18)20-19-14-7-3-2-6-13(14)11-16(19)22/h2-9,12,16,19-20,22H,10-11H2,1H3. The van der Waals surface area contributed by atoms with Gasteiger partial charge in [0.15, 0.2) is 0 Å². The average Bonchev–Trinajstić information content (AvgIpc) is 3.08. The Kier molecular flexibility index (Phi) is 3.89. The van der Waals surface area contributed by atoms with Crippen LogP contribution in [0.4, 0.5) is 0 Å². The summed E-state index contributed by atoms with van der Waals surface area (Å²) in [6, 6.07) is 16.9. The van der Waals surface area contributed by atoms with Crippen molar-refractivity contribution in [3.63, 3.8) is 0 Å². The van der Waals surface area contributed by atoms with E-state index in [1.54, 1.807) is 11.3 Å². The van der Waals surface area contributed by atoms with Gasteiger partial charge in [-0.25, -0.2) is 4.98 Å². The van der Waals surface area contributed by atoms with Gasteiger partial charge in [-0.3, -0.25) is 0 Å². The molecule has 0 spiro atoms. The Hall–Kier alpha value is -1.75. The first kappa shape index (κ1) is 14.8. The highest BCUT2D eigenvalue weighted by Crippen LogP contribution is 2.32. The zero-order chi connectivity index (χ0) is 15.8. The quantitative estimate of drug-likeness (QED) is 0.772. The number of thiazole rings is 1. The molecule has 3 atom stereocenters. The lowest BCUT2D eigenvalue weighted by Crippen LogP contribution is -2.36. The van der Waals surface area contributed by atoms with Gasteiger partial charge in [0.05, 0.1) is 27.4 Å². The van der Waals surface area contributed by atoms with Crippen LogP contribution in [0.25, 0.3) is 10.2 Å². The molecule has 3 unspecified atom stereocenters. The van der Waals surface area contributed by atoms with E-state index in [-0.39, 0.29) is 18.2 Å². The van der Waals surface area contributed by atoms with Gasteiger partial charge in [-0.05, 0) is 30.2 Å². The molecule has 4 rings (SSSR count). The summed E-state index contributed by atoms with van der Waals surface area (Å²) in [6.45, 7) is 2.17. The van der Waals surface area contributed by atoms with Crippen molar-refractivity contribution in [3.8, 4) is 0 Å². The van der Waals surface area contributed by atoms with Crippen LogP contribution >= 0.6 is 11.3 Å². The predicted octanol–water partition coefficient (Wildman–Crippen LogP) is 3.48. The summed E-state index contributed by atoms with van der Waals surface area (Å²) in [4.78, 5) is 4.71. The topological polar surface area (TPSA) is 45.2 Å². The van der Waals surface area contributed by atoms with Crippen molar-refractivity contribution in [2.45, 2.75) is 38.0 Å². The predicted molar refractivity (Wildman–Crippen MR) is 94.8 cm³/mol. The number of rotatable bonds is 4. The van der Waals surface area contributed by atoms with E-state index in [1.807, 2.05) is 18.2 Å². The number of nitrogens with one attached hydrogen (secondary N) is 1. The van der Waals surface area contributed by atoms with Gasteiger partial charge in [0.25, 0.3) is 0 Å². The molecule has 1 aliphatic carbocycles. The molecule has 1 aromatic heterocycles. The van der Waals surface area contributed by atoms with Gasteiger partial charge in [0.1, 0.15) is 0 Å². The lowest BCUT2D eigenvalue weighted by molar-refractivity contribution is 0.135. The van der Waals surface area contributed by atoms with Crippen LogP contribution in [0.2, 0.25) is 0 Å². The summed E-state index contributed by atoms with van der Waals surface area (Å²) in [5.41, 5.74) is 3.56. The lowest BCUT2D eigenvalue weighted by atomic mass is 10.1. The van der Waals surface area contributed by atoms with Crippen molar-refractivity contribution >= 4 is 21.6 Å². The highest BCUT2D eigenvalue weighted by atomic mass is 32.1. The third-order valence-electron chi connectivity index (χ3n) is 4.49. The summed E-state index contributed by atoms with van der Waals surface area (Å²) in [5, 5.41) is 15.1. The summed E-state index contributed by atoms with van der Waals surface area (Å²) in [5.74, 6) is 0. The Morgan fingerprint density at radius 3 is 2.87 bits per heavy atom. The van der Waals surface area contributed by atoms with Gasteiger partial charge in [0.2, 0.25) is 0 Å². The van der Waals surface area contributed by atoms with Crippen LogP contribution in [0.3, 0.4) is 0 Å². The van der Waals surface area contributed by atoms with Crippen LogP contribution in [-0.4, -0.2) is 22.2 Å². The minimum absolute atomic E-state index is 0.0237. The van der Waals surface area contributed by atoms with Crippen molar-refractivity contribution in [2.75, 3.05) is 0 Å². The van der Waals surface area contributed by atoms with Crippen LogP contribution in [0.1, 0.15) is 29.1 Å². The number of aliphatic hydroxyl groups is 1. The molecule has 4 heteroatoms. The maximum atomic E-state index is 10.4. The third kappa shape index (κ3) is 2.90. The Morgan fingerprint density at radius 1 is 1.22 bits per heavy atom. The minimum atomic E-state index is -0.342. The maximum absolute atomic E-state index is 10.4. The van der Waals surface area contributed by atoms with Gasteiger partial charge in [-0.2, -0.15) is 0 Å². The van der Waals surface area contributed by atoms with E-state index in [0.29, 0.717) is 0 Å². The number of hydrogen-bond acceptors (Lipinski definition) is 4. The van der Waals surface area contributed by atoms with E-state index in [9.17, 15) is 5.11 Å². The SMILES string of the molecule is CC(Cc1nc2ccccc2s1)NC1c2ccccc2CC1O. The minimum Gasteiger partial charge on any atom is -0.391 e. The molecule has 2 aromatic carbocycles. The fourth-order valence-electron chi connectivity index (χ4n) is 3.41. The number of hydrogen-bond donors (Lipinski definition) is 2. The summed E-state index contributed by atoms with van der Waals surface area (Å²) < 4.78 is 1.24. The van der Waals surface area contributed by atoms with E-state index < -0.39 is 0 Å². The van der Waals surface area contributed by atoms with Gasteiger partial charge >= 0.3 is 0 Å². The van der Waals surface area contributed by atoms with Gasteiger partial charge in [-0.15, -0.1) is 11.3 Å². The number of fused-ring (bicyclic) bond motifs is 2. The highest BCUT2D eigenvalue weighted by Gasteiger charge is 2.31. The first-order chi connectivity index (χ1) is 11.2. The fourth-order valence-corrected chi connectivity index (χ4v) is 4.51. The molecular weight excluding hydrogens is 304 g/mol. The van der Waals surface area contributed by atoms with Gasteiger partial charge in [0, 0.05) is 18.9 Å². The van der Waals surface area contributed by atoms with E-state index in [1.165, 1.54) is 15.8 Å². The van der Waals surface area contributed by atoms with Crippen LogP contribution in [0.5, 0.6) is 0 Å². The Morgan fingerprint density at radius 2 is 2.00 bits per heavy atom. The molecule has 0 saturated carbocycles. The smallest absolute Gasteiger partial charge is 0.0954 e. The van der Waals surface area contributed by atoms with Crippen molar-refractivity contribution < 1.29 is 5.11 Å². The van der Waals surface area contributed by atoms with Crippen LogP contribution in [-0.2, 0) is 12.8 Å². The van der Waals surface area contributed by atoms with Crippen molar-refractivity contribution in [3.05, 3.63) is 64.7 Å². The molecule has 0 radical (unpaired) electrons. The van der Waals surface area contributed by atoms with Gasteiger partial charge < -0.3 is 10.4 Å². The van der Waals surface area contributed by atoms with Crippen molar-refractivity contribution in [1.82, 2.24) is 10.3 Å². The molecule has 0 fully saturated rings.